The molecule has 0 atom stereocenters. The standard InChI is InChI=1S/C15H16N2OS2/c1-2-18-13-5-3-4-12-14(13)16-15(19)17(12)8-6-11-7-9-20-10-11/h3-5,7,9-10H,2,6,8H2,1H3,(H,16,19). The summed E-state index contributed by atoms with van der Waals surface area (Å²) in [6, 6.07) is 8.23. The second-order valence-corrected chi connectivity index (χ2v) is 5.71. The van der Waals surface area contributed by atoms with Crippen LogP contribution in [-0.2, 0) is 13.0 Å². The van der Waals surface area contributed by atoms with Crippen LogP contribution in [0.25, 0.3) is 11.0 Å². The van der Waals surface area contributed by atoms with Gasteiger partial charge >= 0.3 is 0 Å². The van der Waals surface area contributed by atoms with Crippen molar-refractivity contribution in [2.75, 3.05) is 6.61 Å². The summed E-state index contributed by atoms with van der Waals surface area (Å²) in [5.41, 5.74) is 3.45. The van der Waals surface area contributed by atoms with E-state index >= 15 is 0 Å². The molecule has 0 saturated carbocycles. The molecule has 5 heteroatoms. The fourth-order valence-corrected chi connectivity index (χ4v) is 3.32. The second kappa shape index (κ2) is 5.81. The summed E-state index contributed by atoms with van der Waals surface area (Å²) in [5.74, 6) is 0.866. The Morgan fingerprint density at radius 1 is 1.35 bits per heavy atom. The summed E-state index contributed by atoms with van der Waals surface area (Å²) < 4.78 is 8.54. The maximum atomic E-state index is 5.65. The number of hydrogen-bond acceptors (Lipinski definition) is 3. The van der Waals surface area contributed by atoms with Crippen LogP contribution in [-0.4, -0.2) is 16.2 Å². The normalized spacial score (nSPS) is 11.1. The van der Waals surface area contributed by atoms with Crippen molar-refractivity contribution >= 4 is 34.6 Å². The molecule has 0 aliphatic rings. The van der Waals surface area contributed by atoms with E-state index < -0.39 is 0 Å². The van der Waals surface area contributed by atoms with Crippen LogP contribution in [0.3, 0.4) is 0 Å². The van der Waals surface area contributed by atoms with Crippen molar-refractivity contribution in [3.05, 3.63) is 45.4 Å². The van der Waals surface area contributed by atoms with Gasteiger partial charge in [0, 0.05) is 6.54 Å². The number of para-hydroxylation sites is 1. The van der Waals surface area contributed by atoms with E-state index in [1.54, 1.807) is 11.3 Å². The minimum Gasteiger partial charge on any atom is -0.492 e. The predicted molar refractivity (Wildman–Crippen MR) is 86.3 cm³/mol. The zero-order valence-corrected chi connectivity index (χ0v) is 12.9. The first-order chi connectivity index (χ1) is 9.79. The maximum absolute atomic E-state index is 5.65. The monoisotopic (exact) mass is 304 g/mol. The van der Waals surface area contributed by atoms with Crippen molar-refractivity contribution in [2.24, 2.45) is 0 Å². The van der Waals surface area contributed by atoms with Gasteiger partial charge in [-0.3, -0.25) is 0 Å². The van der Waals surface area contributed by atoms with Gasteiger partial charge in [-0.1, -0.05) is 6.07 Å². The van der Waals surface area contributed by atoms with Crippen LogP contribution in [0.15, 0.2) is 35.0 Å². The molecule has 1 N–H and O–H groups in total. The largest absolute Gasteiger partial charge is 0.492 e. The Bertz CT molecular complexity index is 756. The Morgan fingerprint density at radius 3 is 3.00 bits per heavy atom. The number of H-pyrrole nitrogens is 1. The Labute approximate surface area is 126 Å². The smallest absolute Gasteiger partial charge is 0.178 e. The minimum absolute atomic E-state index is 0.653. The number of imidazole rings is 1. The molecule has 3 nitrogen and oxygen atoms in total. The molecule has 2 heterocycles. The number of aromatic nitrogens is 2. The van der Waals surface area contributed by atoms with Crippen LogP contribution >= 0.6 is 23.6 Å². The van der Waals surface area contributed by atoms with Crippen LogP contribution in [0, 0.1) is 4.77 Å². The van der Waals surface area contributed by atoms with E-state index in [1.807, 2.05) is 19.1 Å². The molecule has 3 rings (SSSR count). The number of benzene rings is 1. The zero-order valence-electron chi connectivity index (χ0n) is 11.3. The molecule has 1 aromatic carbocycles. The van der Waals surface area contributed by atoms with Gasteiger partial charge in [0.2, 0.25) is 0 Å². The fourth-order valence-electron chi connectivity index (χ4n) is 2.33. The molecule has 0 fully saturated rings. The molecular weight excluding hydrogens is 288 g/mol. The summed E-state index contributed by atoms with van der Waals surface area (Å²) >= 11 is 7.18. The first kappa shape index (κ1) is 13.4. The third kappa shape index (κ3) is 2.51. The molecule has 2 aromatic heterocycles. The van der Waals surface area contributed by atoms with Crippen molar-refractivity contribution in [3.63, 3.8) is 0 Å². The van der Waals surface area contributed by atoms with E-state index in [2.05, 4.69) is 32.4 Å². The van der Waals surface area contributed by atoms with E-state index in [0.717, 1.165) is 34.5 Å². The van der Waals surface area contributed by atoms with E-state index in [0.29, 0.717) is 6.61 Å². The average Bonchev–Trinajstić information content (AvgIpc) is 3.05. The topological polar surface area (TPSA) is 29.9 Å². The minimum atomic E-state index is 0.653. The number of fused-ring (bicyclic) bond motifs is 1. The van der Waals surface area contributed by atoms with Gasteiger partial charge in [-0.05, 0) is 60.1 Å². The average molecular weight is 304 g/mol. The first-order valence-corrected chi connectivity index (χ1v) is 8.00. The van der Waals surface area contributed by atoms with Crippen LogP contribution in [0.4, 0.5) is 0 Å². The molecule has 0 unspecified atom stereocenters. The lowest BCUT2D eigenvalue weighted by atomic mass is 10.2. The highest BCUT2D eigenvalue weighted by Crippen LogP contribution is 2.25. The quantitative estimate of drug-likeness (QED) is 0.708. The number of nitrogens with one attached hydrogen (secondary N) is 1. The van der Waals surface area contributed by atoms with Crippen LogP contribution in [0.1, 0.15) is 12.5 Å². The molecule has 104 valence electrons. The van der Waals surface area contributed by atoms with Crippen molar-refractivity contribution in [1.82, 2.24) is 9.55 Å². The molecule has 0 saturated heterocycles. The van der Waals surface area contributed by atoms with Gasteiger partial charge in [-0.2, -0.15) is 11.3 Å². The van der Waals surface area contributed by atoms with Gasteiger partial charge in [-0.15, -0.1) is 0 Å². The van der Waals surface area contributed by atoms with Gasteiger partial charge in [0.15, 0.2) is 4.77 Å². The number of aryl methyl sites for hydroxylation is 2. The number of ether oxygens (including phenoxy) is 1. The zero-order chi connectivity index (χ0) is 13.9. The summed E-state index contributed by atoms with van der Waals surface area (Å²) in [6.07, 6.45) is 0.990. The summed E-state index contributed by atoms with van der Waals surface area (Å²) in [5, 5.41) is 4.29. The lowest BCUT2D eigenvalue weighted by molar-refractivity contribution is 0.343. The molecule has 0 bridgehead atoms. The van der Waals surface area contributed by atoms with Crippen LogP contribution in [0.2, 0.25) is 0 Å². The summed E-state index contributed by atoms with van der Waals surface area (Å²) in [7, 11) is 0. The number of nitrogens with zero attached hydrogens (tertiary/aromatic N) is 1. The highest BCUT2D eigenvalue weighted by molar-refractivity contribution is 7.71. The maximum Gasteiger partial charge on any atom is 0.178 e. The molecule has 0 spiro atoms. The number of rotatable bonds is 5. The van der Waals surface area contributed by atoms with Crippen LogP contribution in [0.5, 0.6) is 5.75 Å². The molecule has 3 aromatic rings. The molecule has 0 radical (unpaired) electrons. The number of hydrogen-bond donors (Lipinski definition) is 1. The Hall–Kier alpha value is -1.59. The summed E-state index contributed by atoms with van der Waals surface area (Å²) in [6.45, 7) is 3.52. The van der Waals surface area contributed by atoms with Crippen molar-refractivity contribution < 1.29 is 4.74 Å². The van der Waals surface area contributed by atoms with Gasteiger partial charge in [0.25, 0.3) is 0 Å². The van der Waals surface area contributed by atoms with Gasteiger partial charge < -0.3 is 14.3 Å². The molecular formula is C15H16N2OS2. The lowest BCUT2D eigenvalue weighted by Crippen LogP contribution is -2.00. The highest BCUT2D eigenvalue weighted by atomic mass is 32.1. The molecule has 20 heavy (non-hydrogen) atoms. The number of aromatic amines is 1. The van der Waals surface area contributed by atoms with Crippen LogP contribution < -0.4 is 4.74 Å². The van der Waals surface area contributed by atoms with E-state index in [-0.39, 0.29) is 0 Å². The second-order valence-electron chi connectivity index (χ2n) is 4.55. The Balaban J connectivity index is 1.96. The van der Waals surface area contributed by atoms with Gasteiger partial charge in [0.05, 0.1) is 12.1 Å². The summed E-state index contributed by atoms with van der Waals surface area (Å²) in [4.78, 5) is 3.27. The predicted octanol–water partition coefficient (Wildman–Crippen LogP) is 4.40. The number of thiophene rings is 1. The van der Waals surface area contributed by atoms with Crippen molar-refractivity contribution in [2.45, 2.75) is 19.9 Å². The Kier molecular flexibility index (Phi) is 3.89. The molecule has 0 aliphatic heterocycles. The fraction of sp³-hybridized carbons (Fsp3) is 0.267. The van der Waals surface area contributed by atoms with E-state index in [4.69, 9.17) is 17.0 Å². The van der Waals surface area contributed by atoms with Gasteiger partial charge in [0.1, 0.15) is 11.3 Å². The van der Waals surface area contributed by atoms with Gasteiger partial charge in [-0.25, -0.2) is 0 Å². The lowest BCUT2D eigenvalue weighted by Gasteiger charge is -2.06. The highest BCUT2D eigenvalue weighted by Gasteiger charge is 2.09. The molecule has 0 amide bonds. The van der Waals surface area contributed by atoms with E-state index in [9.17, 15) is 0 Å². The Morgan fingerprint density at radius 2 is 2.25 bits per heavy atom. The van der Waals surface area contributed by atoms with Crippen molar-refractivity contribution in [3.8, 4) is 5.75 Å². The molecule has 0 aliphatic carbocycles. The van der Waals surface area contributed by atoms with E-state index in [1.165, 1.54) is 5.56 Å². The third-order valence-electron chi connectivity index (χ3n) is 3.28. The van der Waals surface area contributed by atoms with Crippen molar-refractivity contribution in [1.29, 1.82) is 0 Å². The SMILES string of the molecule is CCOc1cccc2c1[nH]c(=S)n2CCc1ccsc1. The first-order valence-electron chi connectivity index (χ1n) is 6.65. The third-order valence-corrected chi connectivity index (χ3v) is 4.33.